The summed E-state index contributed by atoms with van der Waals surface area (Å²) in [7, 11) is 0. The first-order valence-corrected chi connectivity index (χ1v) is 5.71. The lowest BCUT2D eigenvalue weighted by molar-refractivity contribution is 0.253. The van der Waals surface area contributed by atoms with Crippen molar-refractivity contribution in [2.45, 2.75) is 38.3 Å². The fourth-order valence-electron chi connectivity index (χ4n) is 1.43. The first kappa shape index (κ1) is 10.3. The van der Waals surface area contributed by atoms with Crippen LogP contribution in [0.5, 0.6) is 0 Å². The molecule has 0 amide bonds. The van der Waals surface area contributed by atoms with E-state index in [0.29, 0.717) is 6.04 Å². The number of hydrogen-bond donors (Lipinski definition) is 1. The van der Waals surface area contributed by atoms with Crippen molar-refractivity contribution in [3.8, 4) is 0 Å². The fourth-order valence-corrected chi connectivity index (χ4v) is 2.54. The van der Waals surface area contributed by atoms with Crippen LogP contribution in [0, 0.1) is 0 Å². The van der Waals surface area contributed by atoms with Crippen molar-refractivity contribution in [2.24, 2.45) is 0 Å². The van der Waals surface area contributed by atoms with Gasteiger partial charge in [0.25, 0.3) is 0 Å². The quantitative estimate of drug-likeness (QED) is 0.734. The van der Waals surface area contributed by atoms with Crippen LogP contribution >= 0.6 is 11.8 Å². The van der Waals surface area contributed by atoms with Gasteiger partial charge in [0.2, 0.25) is 0 Å². The third kappa shape index (κ3) is 3.31. The van der Waals surface area contributed by atoms with Crippen LogP contribution < -0.4 is 5.32 Å². The third-order valence-electron chi connectivity index (χ3n) is 2.15. The van der Waals surface area contributed by atoms with Gasteiger partial charge in [-0.05, 0) is 38.2 Å². The van der Waals surface area contributed by atoms with E-state index < -0.39 is 0 Å². The summed E-state index contributed by atoms with van der Waals surface area (Å²) in [6.45, 7) is 3.57. The van der Waals surface area contributed by atoms with Crippen molar-refractivity contribution in [2.75, 3.05) is 18.2 Å². The van der Waals surface area contributed by atoms with Crippen molar-refractivity contribution in [1.29, 1.82) is 0 Å². The topological polar surface area (TPSA) is 12.0 Å². The average Bonchev–Trinajstić information content (AvgIpc) is 2.06. The fraction of sp³-hybridized carbons (Fsp3) is 1.00. The Balaban J connectivity index is 2.28. The molecule has 12 heavy (non-hydrogen) atoms. The molecule has 0 unspecified atom stereocenters. The van der Waals surface area contributed by atoms with E-state index >= 15 is 0 Å². The number of thioether (sulfide) groups is 1. The van der Waals surface area contributed by atoms with Gasteiger partial charge in [-0.3, -0.25) is 0 Å². The maximum absolute atomic E-state index is 12.5. The molecule has 0 aliphatic carbocycles. The lowest BCUT2D eigenvalue weighted by Gasteiger charge is -2.31. The second kappa shape index (κ2) is 4.47. The number of alkyl halides is 1. The van der Waals surface area contributed by atoms with Gasteiger partial charge in [-0.15, -0.1) is 0 Å². The summed E-state index contributed by atoms with van der Waals surface area (Å²) in [6, 6.07) is 0.539. The first-order chi connectivity index (χ1) is 5.64. The minimum absolute atomic E-state index is 0.281. The summed E-state index contributed by atoms with van der Waals surface area (Å²) in [5.41, 5.74) is -0.327. The normalized spacial score (nSPS) is 21.2. The largest absolute Gasteiger partial charge is 0.306 e. The first-order valence-electron chi connectivity index (χ1n) is 4.55. The third-order valence-corrected chi connectivity index (χ3v) is 3.20. The lowest BCUT2D eigenvalue weighted by atomic mass is 10.0. The molecule has 1 aliphatic rings. The minimum atomic E-state index is -0.327. The van der Waals surface area contributed by atoms with E-state index in [-0.39, 0.29) is 12.2 Å². The zero-order valence-electron chi connectivity index (χ0n) is 7.90. The molecule has 1 saturated heterocycles. The highest BCUT2D eigenvalue weighted by molar-refractivity contribution is 7.99. The Morgan fingerprint density at radius 2 is 2.00 bits per heavy atom. The van der Waals surface area contributed by atoms with Gasteiger partial charge in [0.15, 0.2) is 0 Å². The molecule has 0 bridgehead atoms. The molecule has 72 valence electrons. The molecule has 0 spiro atoms. The van der Waals surface area contributed by atoms with E-state index in [1.54, 1.807) is 0 Å². The van der Waals surface area contributed by atoms with Crippen LogP contribution in [0.15, 0.2) is 0 Å². The maximum Gasteiger partial charge on any atom is 0.107 e. The molecule has 1 heterocycles. The van der Waals surface area contributed by atoms with Gasteiger partial charge >= 0.3 is 0 Å². The predicted molar refractivity (Wildman–Crippen MR) is 53.5 cm³/mol. The van der Waals surface area contributed by atoms with Crippen LogP contribution in [-0.2, 0) is 0 Å². The summed E-state index contributed by atoms with van der Waals surface area (Å²) < 4.78 is 12.5. The Hall–Kier alpha value is 0.240. The van der Waals surface area contributed by atoms with Gasteiger partial charge in [-0.1, -0.05) is 0 Å². The maximum atomic E-state index is 12.5. The SMILES string of the molecule is CC(C)(CF)NC1CCSCC1. The number of hydrogen-bond acceptors (Lipinski definition) is 2. The second-order valence-electron chi connectivity index (χ2n) is 4.05. The molecule has 3 heteroatoms. The zero-order valence-corrected chi connectivity index (χ0v) is 8.72. The standard InChI is InChI=1S/C9H18FNS/c1-9(2,7-10)11-8-3-5-12-6-4-8/h8,11H,3-7H2,1-2H3. The summed E-state index contributed by atoms with van der Waals surface area (Å²) in [4.78, 5) is 0. The highest BCUT2D eigenvalue weighted by atomic mass is 32.2. The van der Waals surface area contributed by atoms with Gasteiger partial charge in [0.05, 0.1) is 0 Å². The second-order valence-corrected chi connectivity index (χ2v) is 5.27. The molecular formula is C9H18FNS. The monoisotopic (exact) mass is 191 g/mol. The molecule has 0 aromatic rings. The van der Waals surface area contributed by atoms with E-state index in [9.17, 15) is 4.39 Å². The molecule has 0 saturated carbocycles. The Bertz CT molecular complexity index is 132. The Kier molecular flexibility index (Phi) is 3.84. The van der Waals surface area contributed by atoms with E-state index in [0.717, 1.165) is 0 Å². The van der Waals surface area contributed by atoms with Gasteiger partial charge in [0.1, 0.15) is 6.67 Å². The van der Waals surface area contributed by atoms with Crippen molar-refractivity contribution in [3.05, 3.63) is 0 Å². The van der Waals surface area contributed by atoms with Crippen molar-refractivity contribution in [1.82, 2.24) is 5.32 Å². The number of rotatable bonds is 3. The van der Waals surface area contributed by atoms with Crippen LogP contribution in [0.1, 0.15) is 26.7 Å². The highest BCUT2D eigenvalue weighted by Crippen LogP contribution is 2.19. The molecule has 1 fully saturated rings. The van der Waals surface area contributed by atoms with Crippen LogP contribution in [-0.4, -0.2) is 29.8 Å². The Labute approximate surface area is 78.5 Å². The zero-order chi connectivity index (χ0) is 9.03. The average molecular weight is 191 g/mol. The lowest BCUT2D eigenvalue weighted by Crippen LogP contribution is -2.48. The summed E-state index contributed by atoms with van der Waals surface area (Å²) in [5, 5.41) is 3.36. The van der Waals surface area contributed by atoms with Crippen LogP contribution in [0.3, 0.4) is 0 Å². The molecule has 0 aromatic heterocycles. The summed E-state index contributed by atoms with van der Waals surface area (Å²) in [6.07, 6.45) is 2.38. The number of halogens is 1. The summed E-state index contributed by atoms with van der Waals surface area (Å²) in [5.74, 6) is 2.44. The Morgan fingerprint density at radius 3 is 2.50 bits per heavy atom. The molecule has 0 atom stereocenters. The van der Waals surface area contributed by atoms with E-state index in [1.165, 1.54) is 24.3 Å². The Morgan fingerprint density at radius 1 is 1.42 bits per heavy atom. The molecule has 1 nitrogen and oxygen atoms in total. The van der Waals surface area contributed by atoms with E-state index in [1.807, 2.05) is 25.6 Å². The minimum Gasteiger partial charge on any atom is -0.306 e. The van der Waals surface area contributed by atoms with E-state index in [2.05, 4.69) is 5.32 Å². The van der Waals surface area contributed by atoms with Crippen LogP contribution in [0.25, 0.3) is 0 Å². The molecule has 1 aliphatic heterocycles. The van der Waals surface area contributed by atoms with Crippen LogP contribution in [0.4, 0.5) is 4.39 Å². The van der Waals surface area contributed by atoms with Crippen molar-refractivity contribution in [3.63, 3.8) is 0 Å². The van der Waals surface area contributed by atoms with Crippen molar-refractivity contribution >= 4 is 11.8 Å². The van der Waals surface area contributed by atoms with Gasteiger partial charge in [0, 0.05) is 11.6 Å². The predicted octanol–water partition coefficient (Wildman–Crippen LogP) is 2.22. The number of nitrogens with one attached hydrogen (secondary N) is 1. The molecular weight excluding hydrogens is 173 g/mol. The van der Waals surface area contributed by atoms with E-state index in [4.69, 9.17) is 0 Å². The van der Waals surface area contributed by atoms with Crippen LogP contribution in [0.2, 0.25) is 0 Å². The highest BCUT2D eigenvalue weighted by Gasteiger charge is 2.23. The van der Waals surface area contributed by atoms with Gasteiger partial charge in [-0.25, -0.2) is 4.39 Å². The summed E-state index contributed by atoms with van der Waals surface area (Å²) >= 11 is 2.00. The molecule has 1 N–H and O–H groups in total. The molecule has 0 radical (unpaired) electrons. The van der Waals surface area contributed by atoms with Gasteiger partial charge in [-0.2, -0.15) is 11.8 Å². The van der Waals surface area contributed by atoms with Gasteiger partial charge < -0.3 is 5.32 Å². The molecule has 0 aromatic carbocycles. The van der Waals surface area contributed by atoms with Crippen molar-refractivity contribution < 1.29 is 4.39 Å². The molecule has 1 rings (SSSR count). The smallest absolute Gasteiger partial charge is 0.107 e.